The van der Waals surface area contributed by atoms with Gasteiger partial charge in [0, 0.05) is 18.2 Å². The molecular weight excluding hydrogens is 313 g/mol. The molecule has 1 atom stereocenters. The van der Waals surface area contributed by atoms with Crippen LogP contribution in [0, 0.1) is 5.82 Å². The lowest BCUT2D eigenvalue weighted by Gasteiger charge is -2.35. The molecule has 0 aromatic heterocycles. The van der Waals surface area contributed by atoms with E-state index in [0.717, 1.165) is 12.8 Å². The first-order chi connectivity index (χ1) is 8.87. The fourth-order valence-corrected chi connectivity index (χ4v) is 2.64. The maximum Gasteiger partial charge on any atom is 0.251 e. The molecule has 19 heavy (non-hydrogen) atoms. The summed E-state index contributed by atoms with van der Waals surface area (Å²) >= 11 is 3.08. The van der Waals surface area contributed by atoms with Crippen molar-refractivity contribution in [2.24, 2.45) is 0 Å². The molecule has 1 fully saturated rings. The van der Waals surface area contributed by atoms with E-state index < -0.39 is 0 Å². The Hall–Kier alpha value is -0.940. The van der Waals surface area contributed by atoms with Gasteiger partial charge in [0.05, 0.1) is 10.1 Å². The highest BCUT2D eigenvalue weighted by atomic mass is 79.9. The average molecular weight is 330 g/mol. The molecule has 1 amide bonds. The molecule has 1 saturated heterocycles. The number of hydrogen-bond donors (Lipinski definition) is 1. The Balaban J connectivity index is 2.02. The zero-order valence-corrected chi connectivity index (χ0v) is 12.6. The fourth-order valence-electron chi connectivity index (χ4n) is 2.26. The number of benzene rings is 1. The molecule has 0 bridgehead atoms. The van der Waals surface area contributed by atoms with Gasteiger partial charge in [0.25, 0.3) is 5.91 Å². The molecular formula is C14H17BrFNO2. The van der Waals surface area contributed by atoms with Crippen LogP contribution in [0.2, 0.25) is 0 Å². The van der Waals surface area contributed by atoms with E-state index >= 15 is 0 Å². The number of halogens is 2. The highest BCUT2D eigenvalue weighted by Gasteiger charge is 2.29. The Morgan fingerprint density at radius 1 is 1.53 bits per heavy atom. The summed E-state index contributed by atoms with van der Waals surface area (Å²) < 4.78 is 19.0. The SMILES string of the molecule is CC1(C)CC(NC(=O)c2ccc(F)c(Br)c2)CCO1. The molecule has 1 heterocycles. The molecule has 1 aromatic rings. The van der Waals surface area contributed by atoms with Crippen molar-refractivity contribution in [3.63, 3.8) is 0 Å². The van der Waals surface area contributed by atoms with Crippen molar-refractivity contribution < 1.29 is 13.9 Å². The van der Waals surface area contributed by atoms with E-state index in [2.05, 4.69) is 21.2 Å². The van der Waals surface area contributed by atoms with Crippen molar-refractivity contribution in [2.75, 3.05) is 6.61 Å². The molecule has 5 heteroatoms. The minimum Gasteiger partial charge on any atom is -0.375 e. The summed E-state index contributed by atoms with van der Waals surface area (Å²) in [6, 6.07) is 4.36. The van der Waals surface area contributed by atoms with Crippen LogP contribution in [-0.2, 0) is 4.74 Å². The van der Waals surface area contributed by atoms with Gasteiger partial charge in [-0.3, -0.25) is 4.79 Å². The molecule has 0 spiro atoms. The summed E-state index contributed by atoms with van der Waals surface area (Å²) in [7, 11) is 0. The van der Waals surface area contributed by atoms with Gasteiger partial charge in [-0.1, -0.05) is 0 Å². The molecule has 0 aliphatic carbocycles. The number of carbonyl (C=O) groups is 1. The minimum absolute atomic E-state index is 0.0973. The quantitative estimate of drug-likeness (QED) is 0.904. The maximum absolute atomic E-state index is 13.1. The summed E-state index contributed by atoms with van der Waals surface area (Å²) in [6.07, 6.45) is 1.58. The first-order valence-electron chi connectivity index (χ1n) is 6.27. The molecule has 1 N–H and O–H groups in total. The number of carbonyl (C=O) groups excluding carboxylic acids is 1. The van der Waals surface area contributed by atoms with Gasteiger partial charge < -0.3 is 10.1 Å². The summed E-state index contributed by atoms with van der Waals surface area (Å²) in [5.74, 6) is -0.549. The largest absolute Gasteiger partial charge is 0.375 e. The highest BCUT2D eigenvalue weighted by Crippen LogP contribution is 2.24. The zero-order chi connectivity index (χ0) is 14.0. The molecule has 1 aliphatic rings. The average Bonchev–Trinajstić information content (AvgIpc) is 2.31. The predicted octanol–water partition coefficient (Wildman–Crippen LogP) is 3.28. The van der Waals surface area contributed by atoms with Crippen molar-refractivity contribution in [1.29, 1.82) is 0 Å². The van der Waals surface area contributed by atoms with Gasteiger partial charge >= 0.3 is 0 Å². The van der Waals surface area contributed by atoms with Gasteiger partial charge in [0.1, 0.15) is 5.82 Å². The van der Waals surface area contributed by atoms with Gasteiger partial charge in [-0.25, -0.2) is 4.39 Å². The van der Waals surface area contributed by atoms with Crippen LogP contribution >= 0.6 is 15.9 Å². The predicted molar refractivity (Wildman–Crippen MR) is 74.6 cm³/mol. The zero-order valence-electron chi connectivity index (χ0n) is 11.0. The number of ether oxygens (including phenoxy) is 1. The lowest BCUT2D eigenvalue weighted by molar-refractivity contribution is -0.0615. The third-order valence-electron chi connectivity index (χ3n) is 3.21. The summed E-state index contributed by atoms with van der Waals surface area (Å²) in [6.45, 7) is 4.67. The fraction of sp³-hybridized carbons (Fsp3) is 0.500. The standard InChI is InChI=1S/C14H17BrFNO2/c1-14(2)8-10(5-6-19-14)17-13(18)9-3-4-12(16)11(15)7-9/h3-4,7,10H,5-6,8H2,1-2H3,(H,17,18). The monoisotopic (exact) mass is 329 g/mol. The summed E-state index contributed by atoms with van der Waals surface area (Å²) in [5, 5.41) is 2.98. The van der Waals surface area contributed by atoms with Crippen LogP contribution in [0.15, 0.2) is 22.7 Å². The van der Waals surface area contributed by atoms with Crippen LogP contribution in [0.1, 0.15) is 37.0 Å². The molecule has 104 valence electrons. The molecule has 1 unspecified atom stereocenters. The Morgan fingerprint density at radius 2 is 2.26 bits per heavy atom. The van der Waals surface area contributed by atoms with E-state index in [0.29, 0.717) is 16.6 Å². The topological polar surface area (TPSA) is 38.3 Å². The molecule has 1 aliphatic heterocycles. The Bertz CT molecular complexity index is 490. The molecule has 0 saturated carbocycles. The van der Waals surface area contributed by atoms with Crippen molar-refractivity contribution in [2.45, 2.75) is 38.3 Å². The minimum atomic E-state index is -0.372. The second-order valence-corrected chi connectivity index (χ2v) is 6.25. The van der Waals surface area contributed by atoms with E-state index in [-0.39, 0.29) is 23.4 Å². The van der Waals surface area contributed by atoms with Crippen molar-refractivity contribution in [3.8, 4) is 0 Å². The Kier molecular flexibility index (Phi) is 4.26. The second-order valence-electron chi connectivity index (χ2n) is 5.40. The van der Waals surface area contributed by atoms with E-state index in [4.69, 9.17) is 4.74 Å². The highest BCUT2D eigenvalue weighted by molar-refractivity contribution is 9.10. The normalized spacial score (nSPS) is 22.0. The third-order valence-corrected chi connectivity index (χ3v) is 3.82. The van der Waals surface area contributed by atoms with Crippen molar-refractivity contribution in [1.82, 2.24) is 5.32 Å². The van der Waals surface area contributed by atoms with Crippen LogP contribution in [0.3, 0.4) is 0 Å². The smallest absolute Gasteiger partial charge is 0.251 e. The summed E-state index contributed by atoms with van der Waals surface area (Å²) in [5.41, 5.74) is 0.247. The van der Waals surface area contributed by atoms with Gasteiger partial charge in [0.15, 0.2) is 0 Å². The molecule has 3 nitrogen and oxygen atoms in total. The van der Waals surface area contributed by atoms with Crippen LogP contribution in [-0.4, -0.2) is 24.2 Å². The summed E-state index contributed by atoms with van der Waals surface area (Å²) in [4.78, 5) is 12.1. The van der Waals surface area contributed by atoms with Gasteiger partial charge in [-0.05, 0) is 60.8 Å². The van der Waals surface area contributed by atoms with E-state index in [1.165, 1.54) is 18.2 Å². The number of hydrogen-bond acceptors (Lipinski definition) is 2. The molecule has 1 aromatic carbocycles. The molecule has 2 rings (SSSR count). The Morgan fingerprint density at radius 3 is 2.89 bits per heavy atom. The van der Waals surface area contributed by atoms with Crippen LogP contribution in [0.5, 0.6) is 0 Å². The van der Waals surface area contributed by atoms with Gasteiger partial charge in [-0.2, -0.15) is 0 Å². The maximum atomic E-state index is 13.1. The van der Waals surface area contributed by atoms with Gasteiger partial charge in [0.2, 0.25) is 0 Å². The van der Waals surface area contributed by atoms with E-state index in [1.807, 2.05) is 13.8 Å². The van der Waals surface area contributed by atoms with E-state index in [9.17, 15) is 9.18 Å². The van der Waals surface area contributed by atoms with Crippen LogP contribution in [0.4, 0.5) is 4.39 Å². The van der Waals surface area contributed by atoms with E-state index in [1.54, 1.807) is 0 Å². The lowest BCUT2D eigenvalue weighted by atomic mass is 9.94. The molecule has 0 radical (unpaired) electrons. The third kappa shape index (κ3) is 3.76. The van der Waals surface area contributed by atoms with Crippen molar-refractivity contribution in [3.05, 3.63) is 34.1 Å². The lowest BCUT2D eigenvalue weighted by Crippen LogP contribution is -2.45. The number of nitrogens with one attached hydrogen (secondary N) is 1. The van der Waals surface area contributed by atoms with Crippen LogP contribution < -0.4 is 5.32 Å². The first-order valence-corrected chi connectivity index (χ1v) is 7.06. The van der Waals surface area contributed by atoms with Crippen molar-refractivity contribution >= 4 is 21.8 Å². The number of amides is 1. The Labute approximate surface area is 120 Å². The first kappa shape index (κ1) is 14.5. The van der Waals surface area contributed by atoms with Gasteiger partial charge in [-0.15, -0.1) is 0 Å². The second kappa shape index (κ2) is 5.59. The van der Waals surface area contributed by atoms with Crippen LogP contribution in [0.25, 0.3) is 0 Å². The number of rotatable bonds is 2.